The van der Waals surface area contributed by atoms with Crippen LogP contribution < -0.4 is 0 Å². The quantitative estimate of drug-likeness (QED) is 0.149. The zero-order chi connectivity index (χ0) is 35.8. The highest BCUT2D eigenvalue weighted by molar-refractivity contribution is 6.74. The van der Waals surface area contributed by atoms with Crippen LogP contribution in [0, 0.1) is 41.4 Å². The van der Waals surface area contributed by atoms with E-state index in [9.17, 15) is 9.59 Å². The Hall–Kier alpha value is -1.14. The minimum Gasteiger partial charge on any atom is -0.462 e. The van der Waals surface area contributed by atoms with Gasteiger partial charge in [0.1, 0.15) is 30.2 Å². The third kappa shape index (κ3) is 8.10. The van der Waals surface area contributed by atoms with Gasteiger partial charge < -0.3 is 32.8 Å². The molecule has 0 unspecified atom stereocenters. The van der Waals surface area contributed by atoms with Gasteiger partial charge in [-0.2, -0.15) is 0 Å². The topological polar surface area (TPSA) is 98.8 Å². The molecular weight excluding hydrogens is 641 g/mol. The van der Waals surface area contributed by atoms with Gasteiger partial charge in [0.05, 0.1) is 18.3 Å². The van der Waals surface area contributed by atoms with Crippen LogP contribution in [0.5, 0.6) is 0 Å². The molecule has 2 saturated carbocycles. The number of carbonyl (C=O) groups is 2. The van der Waals surface area contributed by atoms with Gasteiger partial charge in [0.2, 0.25) is 0 Å². The fraction of sp³-hybridized carbons (Fsp3) is 0.897. The molecule has 5 aliphatic rings. The van der Waals surface area contributed by atoms with E-state index in [4.69, 9.17) is 32.8 Å². The number of ketones is 1. The van der Waals surface area contributed by atoms with Gasteiger partial charge in [0, 0.05) is 39.6 Å². The number of hydrogen-bond acceptors (Lipinski definition) is 9. The molecular formula is C39H66O9Si. The van der Waals surface area contributed by atoms with E-state index < -0.39 is 20.7 Å². The molecule has 2 saturated heterocycles. The second-order valence-electron chi connectivity index (χ2n) is 17.3. The monoisotopic (exact) mass is 706 g/mol. The molecule has 0 aromatic carbocycles. The van der Waals surface area contributed by atoms with Crippen LogP contribution in [-0.2, 0) is 42.4 Å². The predicted molar refractivity (Wildman–Crippen MR) is 190 cm³/mol. The first-order chi connectivity index (χ1) is 23.1. The zero-order valence-corrected chi connectivity index (χ0v) is 33.1. The van der Waals surface area contributed by atoms with Gasteiger partial charge in [-0.05, 0) is 99.6 Å². The largest absolute Gasteiger partial charge is 0.462 e. The second kappa shape index (κ2) is 15.8. The van der Waals surface area contributed by atoms with E-state index in [1.165, 1.54) is 0 Å². The number of Topliss-reactive ketones (excluding diaryl/α,β-unsaturated/α-hetero) is 1. The average Bonchev–Trinajstić information content (AvgIpc) is 3.62. The SMILES string of the molecule is CC[C@H]1CCC[C@H](O[Si](C)(C)C(C)(C)C)[C@@H](C)C(=O)[C@@H]2C[C@@H]3[C@@H](C=C[C@@H]4C[C@@H](O[C@H]5O[C@@H](C)[C@H](OC)[C@@H](OC)[C@H]5OC)C[C@@H]34)[C@@H]2CC(=O)O1. The molecule has 0 aromatic heterocycles. The number of cyclic esters (lactones) is 1. The number of rotatable bonds is 8. The highest BCUT2D eigenvalue weighted by Gasteiger charge is 2.56. The van der Waals surface area contributed by atoms with Crippen molar-refractivity contribution in [1.82, 2.24) is 0 Å². The Bertz CT molecular complexity index is 1170. The summed E-state index contributed by atoms with van der Waals surface area (Å²) in [6.07, 6.45) is 8.82. The smallest absolute Gasteiger partial charge is 0.306 e. The van der Waals surface area contributed by atoms with Crippen LogP contribution in [0.15, 0.2) is 12.2 Å². The first-order valence-electron chi connectivity index (χ1n) is 19.1. The van der Waals surface area contributed by atoms with Gasteiger partial charge in [-0.15, -0.1) is 0 Å². The van der Waals surface area contributed by atoms with Crippen LogP contribution in [-0.4, -0.2) is 90.4 Å². The lowest BCUT2D eigenvalue weighted by Crippen LogP contribution is -2.59. The van der Waals surface area contributed by atoms with Crippen molar-refractivity contribution in [3.05, 3.63) is 12.2 Å². The molecule has 5 rings (SSSR count). The van der Waals surface area contributed by atoms with Crippen molar-refractivity contribution in [3.63, 3.8) is 0 Å². The molecule has 10 heteroatoms. The van der Waals surface area contributed by atoms with E-state index in [0.717, 1.165) is 44.9 Å². The molecule has 280 valence electrons. The van der Waals surface area contributed by atoms with Crippen LogP contribution in [0.3, 0.4) is 0 Å². The molecule has 0 radical (unpaired) electrons. The van der Waals surface area contributed by atoms with Crippen LogP contribution >= 0.6 is 0 Å². The fourth-order valence-electron chi connectivity index (χ4n) is 9.63. The number of allylic oxidation sites excluding steroid dienone is 2. The van der Waals surface area contributed by atoms with Crippen LogP contribution in [0.2, 0.25) is 18.1 Å². The number of hydrogen-bond donors (Lipinski definition) is 0. The van der Waals surface area contributed by atoms with Crippen molar-refractivity contribution >= 4 is 20.1 Å². The number of carbonyl (C=O) groups excluding carboxylic acids is 2. The number of fused-ring (bicyclic) bond motifs is 5. The summed E-state index contributed by atoms with van der Waals surface area (Å²) in [7, 11) is 2.88. The van der Waals surface area contributed by atoms with E-state index in [-0.39, 0.29) is 77.1 Å². The van der Waals surface area contributed by atoms with E-state index in [1.54, 1.807) is 21.3 Å². The van der Waals surface area contributed by atoms with Crippen LogP contribution in [0.4, 0.5) is 0 Å². The summed E-state index contributed by atoms with van der Waals surface area (Å²) in [4.78, 5) is 28.1. The van der Waals surface area contributed by atoms with E-state index in [0.29, 0.717) is 24.2 Å². The zero-order valence-electron chi connectivity index (χ0n) is 32.1. The molecule has 2 heterocycles. The van der Waals surface area contributed by atoms with Crippen molar-refractivity contribution in [1.29, 1.82) is 0 Å². The van der Waals surface area contributed by atoms with Crippen molar-refractivity contribution in [3.8, 4) is 0 Å². The summed E-state index contributed by atoms with van der Waals surface area (Å²) in [5.74, 6) is 0.830. The molecule has 49 heavy (non-hydrogen) atoms. The van der Waals surface area contributed by atoms with Gasteiger partial charge in [0.15, 0.2) is 14.6 Å². The Morgan fingerprint density at radius 3 is 2.20 bits per heavy atom. The van der Waals surface area contributed by atoms with E-state index in [2.05, 4.69) is 59.9 Å². The predicted octanol–water partition coefficient (Wildman–Crippen LogP) is 7.12. The van der Waals surface area contributed by atoms with Gasteiger partial charge in [-0.1, -0.05) is 46.8 Å². The third-order valence-electron chi connectivity index (χ3n) is 13.4. The summed E-state index contributed by atoms with van der Waals surface area (Å²) in [5.41, 5.74) is 0. The summed E-state index contributed by atoms with van der Waals surface area (Å²) < 4.78 is 43.5. The number of esters is 1. The van der Waals surface area contributed by atoms with Gasteiger partial charge in [-0.25, -0.2) is 0 Å². The lowest BCUT2D eigenvalue weighted by atomic mass is 9.71. The molecule has 3 aliphatic carbocycles. The molecule has 9 nitrogen and oxygen atoms in total. The Balaban J connectivity index is 1.36. The van der Waals surface area contributed by atoms with Crippen molar-refractivity contribution in [2.75, 3.05) is 21.3 Å². The Labute approximate surface area is 297 Å². The number of ether oxygens (including phenoxy) is 6. The second-order valence-corrected chi connectivity index (χ2v) is 22.0. The minimum atomic E-state index is -2.12. The van der Waals surface area contributed by atoms with Gasteiger partial charge in [-0.3, -0.25) is 9.59 Å². The molecule has 2 aliphatic heterocycles. The maximum atomic E-state index is 14.7. The third-order valence-corrected chi connectivity index (χ3v) is 18.0. The normalized spacial score (nSPS) is 43.6. The Morgan fingerprint density at radius 1 is 0.878 bits per heavy atom. The maximum Gasteiger partial charge on any atom is 0.306 e. The van der Waals surface area contributed by atoms with Crippen molar-refractivity contribution in [2.24, 2.45) is 41.4 Å². The standard InChI is InChI=1S/C39H66O9Si/c1-12-25-14-13-15-32(48-49(10,11)39(4,5)6)22(2)34(41)31-20-29-27(30(31)21-33(40)46-25)17-16-24-18-26(19-28(24)29)47-38-37(44-9)36(43-8)35(42-7)23(3)45-38/h16-17,22-32,35-38H,12-15,18-21H2,1-11H3/t22-,23+,24-,25+,26-,27-,28-,29-,30+,31-,32+,35+,36-,37-,38-/m1/s1. The Morgan fingerprint density at radius 2 is 1.57 bits per heavy atom. The molecule has 0 spiro atoms. The molecule has 0 amide bonds. The van der Waals surface area contributed by atoms with E-state index >= 15 is 0 Å². The summed E-state index contributed by atoms with van der Waals surface area (Å²) in [6.45, 7) is 17.5. The van der Waals surface area contributed by atoms with E-state index in [1.807, 2.05) is 6.92 Å². The summed E-state index contributed by atoms with van der Waals surface area (Å²) >= 11 is 0. The fourth-order valence-corrected chi connectivity index (χ4v) is 11.1. The van der Waals surface area contributed by atoms with Crippen molar-refractivity contribution < 1.29 is 42.4 Å². The first-order valence-corrected chi connectivity index (χ1v) is 22.0. The van der Waals surface area contributed by atoms with Gasteiger partial charge >= 0.3 is 5.97 Å². The lowest BCUT2D eigenvalue weighted by molar-refractivity contribution is -0.314. The molecule has 0 N–H and O–H groups in total. The van der Waals surface area contributed by atoms with Crippen LogP contribution in [0.1, 0.15) is 92.9 Å². The molecule has 0 aromatic rings. The lowest BCUT2D eigenvalue weighted by Gasteiger charge is -2.44. The Kier molecular flexibility index (Phi) is 12.6. The maximum absolute atomic E-state index is 14.7. The molecule has 0 bridgehead atoms. The van der Waals surface area contributed by atoms with Gasteiger partial charge in [0.25, 0.3) is 0 Å². The average molecular weight is 707 g/mol. The van der Waals surface area contributed by atoms with Crippen LogP contribution in [0.25, 0.3) is 0 Å². The molecule has 15 atom stereocenters. The number of methoxy groups -OCH3 is 3. The summed E-state index contributed by atoms with van der Waals surface area (Å²) in [6, 6.07) is 0. The first kappa shape index (κ1) is 39.1. The highest BCUT2D eigenvalue weighted by atomic mass is 28.4. The highest BCUT2D eigenvalue weighted by Crippen LogP contribution is 2.57. The molecule has 4 fully saturated rings. The summed E-state index contributed by atoms with van der Waals surface area (Å²) in [5, 5.41) is 0.0482. The van der Waals surface area contributed by atoms with Crippen molar-refractivity contribution in [2.45, 2.75) is 160 Å². The minimum absolute atomic E-state index is 0.0104.